The molecule has 0 saturated heterocycles. The number of aliphatic imine (C=N–C) groups is 1. The quantitative estimate of drug-likeness (QED) is 0.287. The Hall–Kier alpha value is -0.0400. The first-order valence-corrected chi connectivity index (χ1v) is 8.07. The van der Waals surface area contributed by atoms with Crippen LogP contribution in [0.1, 0.15) is 52.9 Å². The number of hydrogen-bond donors (Lipinski definition) is 2. The molecule has 20 heavy (non-hydrogen) atoms. The van der Waals surface area contributed by atoms with E-state index in [0.29, 0.717) is 6.04 Å². The molecular formula is C15H33IN4. The zero-order valence-electron chi connectivity index (χ0n) is 13.5. The van der Waals surface area contributed by atoms with Crippen LogP contribution in [0.15, 0.2) is 4.99 Å². The van der Waals surface area contributed by atoms with E-state index in [1.165, 1.54) is 25.7 Å². The Morgan fingerprint density at radius 2 is 1.80 bits per heavy atom. The van der Waals surface area contributed by atoms with Gasteiger partial charge in [0.05, 0.1) is 0 Å². The standard InChI is InChI=1S/C15H32N4.HI/c1-4-16-15(18-14-10-7-8-11-14)17-12-9-13-19(5-2)6-3;/h14H,4-13H2,1-3H3,(H2,16,17,18);1H. The summed E-state index contributed by atoms with van der Waals surface area (Å²) in [4.78, 5) is 7.14. The summed E-state index contributed by atoms with van der Waals surface area (Å²) >= 11 is 0. The molecule has 0 unspecified atom stereocenters. The van der Waals surface area contributed by atoms with Gasteiger partial charge in [0.15, 0.2) is 5.96 Å². The van der Waals surface area contributed by atoms with Gasteiger partial charge < -0.3 is 15.5 Å². The second kappa shape index (κ2) is 12.7. The molecule has 5 heteroatoms. The van der Waals surface area contributed by atoms with Gasteiger partial charge in [-0.1, -0.05) is 26.7 Å². The number of nitrogens with one attached hydrogen (secondary N) is 2. The van der Waals surface area contributed by atoms with E-state index in [1.54, 1.807) is 0 Å². The van der Waals surface area contributed by atoms with Gasteiger partial charge in [-0.15, -0.1) is 24.0 Å². The third kappa shape index (κ3) is 8.29. The monoisotopic (exact) mass is 396 g/mol. The van der Waals surface area contributed by atoms with Crippen LogP contribution in [-0.4, -0.2) is 49.6 Å². The molecule has 1 rings (SSSR count). The van der Waals surface area contributed by atoms with Crippen LogP contribution in [0, 0.1) is 0 Å². The van der Waals surface area contributed by atoms with Crippen LogP contribution >= 0.6 is 24.0 Å². The summed E-state index contributed by atoms with van der Waals surface area (Å²) in [5, 5.41) is 6.91. The van der Waals surface area contributed by atoms with E-state index in [-0.39, 0.29) is 24.0 Å². The summed E-state index contributed by atoms with van der Waals surface area (Å²) in [6, 6.07) is 0.639. The van der Waals surface area contributed by atoms with Crippen molar-refractivity contribution in [1.29, 1.82) is 0 Å². The minimum Gasteiger partial charge on any atom is -0.357 e. The third-order valence-electron chi connectivity index (χ3n) is 3.84. The number of nitrogens with zero attached hydrogens (tertiary/aromatic N) is 2. The van der Waals surface area contributed by atoms with Crippen LogP contribution in [0.3, 0.4) is 0 Å². The van der Waals surface area contributed by atoms with Gasteiger partial charge >= 0.3 is 0 Å². The van der Waals surface area contributed by atoms with Crippen molar-refractivity contribution in [3.05, 3.63) is 0 Å². The average molecular weight is 396 g/mol. The van der Waals surface area contributed by atoms with Crippen molar-refractivity contribution < 1.29 is 0 Å². The van der Waals surface area contributed by atoms with E-state index < -0.39 is 0 Å². The van der Waals surface area contributed by atoms with Crippen molar-refractivity contribution >= 4 is 29.9 Å². The minimum absolute atomic E-state index is 0. The number of hydrogen-bond acceptors (Lipinski definition) is 2. The average Bonchev–Trinajstić information content (AvgIpc) is 2.92. The van der Waals surface area contributed by atoms with E-state index in [0.717, 1.165) is 45.1 Å². The Morgan fingerprint density at radius 3 is 2.35 bits per heavy atom. The zero-order chi connectivity index (χ0) is 13.9. The minimum atomic E-state index is 0. The second-order valence-corrected chi connectivity index (χ2v) is 5.27. The van der Waals surface area contributed by atoms with Gasteiger partial charge in [0.2, 0.25) is 0 Å². The third-order valence-corrected chi connectivity index (χ3v) is 3.84. The fourth-order valence-corrected chi connectivity index (χ4v) is 2.61. The van der Waals surface area contributed by atoms with Crippen LogP contribution in [0.25, 0.3) is 0 Å². The molecule has 0 amide bonds. The Balaban J connectivity index is 0.00000361. The molecular weight excluding hydrogens is 363 g/mol. The lowest BCUT2D eigenvalue weighted by Gasteiger charge is -2.18. The highest BCUT2D eigenvalue weighted by molar-refractivity contribution is 14.0. The van der Waals surface area contributed by atoms with Gasteiger partial charge in [-0.05, 0) is 45.8 Å². The molecule has 1 fully saturated rings. The molecule has 0 bridgehead atoms. The topological polar surface area (TPSA) is 39.7 Å². The molecule has 0 aromatic carbocycles. The molecule has 0 aromatic heterocycles. The van der Waals surface area contributed by atoms with Gasteiger partial charge in [-0.2, -0.15) is 0 Å². The first-order valence-electron chi connectivity index (χ1n) is 8.07. The van der Waals surface area contributed by atoms with Crippen molar-refractivity contribution in [1.82, 2.24) is 15.5 Å². The molecule has 0 spiro atoms. The summed E-state index contributed by atoms with van der Waals surface area (Å²) in [5.74, 6) is 1.01. The van der Waals surface area contributed by atoms with E-state index in [1.807, 2.05) is 0 Å². The van der Waals surface area contributed by atoms with Gasteiger partial charge in [0, 0.05) is 19.1 Å². The molecule has 0 heterocycles. The van der Waals surface area contributed by atoms with Crippen LogP contribution in [0.4, 0.5) is 0 Å². The maximum atomic E-state index is 4.69. The maximum absolute atomic E-state index is 4.69. The molecule has 4 nitrogen and oxygen atoms in total. The molecule has 1 saturated carbocycles. The lowest BCUT2D eigenvalue weighted by atomic mass is 10.2. The van der Waals surface area contributed by atoms with Gasteiger partial charge in [-0.3, -0.25) is 4.99 Å². The molecule has 0 aromatic rings. The number of rotatable bonds is 8. The number of halogens is 1. The van der Waals surface area contributed by atoms with E-state index in [2.05, 4.69) is 41.3 Å². The normalized spacial score (nSPS) is 16.3. The largest absolute Gasteiger partial charge is 0.357 e. The first kappa shape index (κ1) is 20.0. The molecule has 120 valence electrons. The Bertz CT molecular complexity index is 248. The molecule has 1 aliphatic rings. The van der Waals surface area contributed by atoms with E-state index in [9.17, 15) is 0 Å². The molecule has 2 N–H and O–H groups in total. The summed E-state index contributed by atoms with van der Waals surface area (Å²) in [7, 11) is 0. The van der Waals surface area contributed by atoms with Gasteiger partial charge in [-0.25, -0.2) is 0 Å². The smallest absolute Gasteiger partial charge is 0.191 e. The molecule has 0 aliphatic heterocycles. The summed E-state index contributed by atoms with van der Waals surface area (Å²) in [6.07, 6.45) is 6.45. The summed E-state index contributed by atoms with van der Waals surface area (Å²) < 4.78 is 0. The van der Waals surface area contributed by atoms with Crippen molar-refractivity contribution in [3.63, 3.8) is 0 Å². The van der Waals surface area contributed by atoms with Crippen molar-refractivity contribution in [3.8, 4) is 0 Å². The molecule has 0 atom stereocenters. The Labute approximate surface area is 142 Å². The predicted molar refractivity (Wildman–Crippen MR) is 99.2 cm³/mol. The highest BCUT2D eigenvalue weighted by Gasteiger charge is 2.15. The fourth-order valence-electron chi connectivity index (χ4n) is 2.61. The van der Waals surface area contributed by atoms with Crippen LogP contribution in [-0.2, 0) is 0 Å². The maximum Gasteiger partial charge on any atom is 0.191 e. The fraction of sp³-hybridized carbons (Fsp3) is 0.933. The second-order valence-electron chi connectivity index (χ2n) is 5.27. The van der Waals surface area contributed by atoms with Crippen molar-refractivity contribution in [2.75, 3.05) is 32.7 Å². The van der Waals surface area contributed by atoms with E-state index >= 15 is 0 Å². The zero-order valence-corrected chi connectivity index (χ0v) is 15.8. The van der Waals surface area contributed by atoms with Crippen molar-refractivity contribution in [2.45, 2.75) is 58.9 Å². The van der Waals surface area contributed by atoms with Crippen molar-refractivity contribution in [2.24, 2.45) is 4.99 Å². The van der Waals surface area contributed by atoms with Crippen LogP contribution in [0.2, 0.25) is 0 Å². The highest BCUT2D eigenvalue weighted by Crippen LogP contribution is 2.17. The van der Waals surface area contributed by atoms with Gasteiger partial charge in [0.25, 0.3) is 0 Å². The predicted octanol–water partition coefficient (Wildman–Crippen LogP) is 2.83. The Morgan fingerprint density at radius 1 is 1.15 bits per heavy atom. The van der Waals surface area contributed by atoms with Gasteiger partial charge in [0.1, 0.15) is 0 Å². The van der Waals surface area contributed by atoms with Crippen LogP contribution in [0.5, 0.6) is 0 Å². The molecule has 1 aliphatic carbocycles. The Kier molecular flexibility index (Phi) is 12.7. The summed E-state index contributed by atoms with van der Waals surface area (Å²) in [6.45, 7) is 11.9. The number of guanidine groups is 1. The SMILES string of the molecule is CCNC(=NCCCN(CC)CC)NC1CCCC1.I. The lowest BCUT2D eigenvalue weighted by molar-refractivity contribution is 0.302. The highest BCUT2D eigenvalue weighted by atomic mass is 127. The van der Waals surface area contributed by atoms with E-state index in [4.69, 9.17) is 0 Å². The molecule has 0 radical (unpaired) electrons. The summed E-state index contributed by atoms with van der Waals surface area (Å²) in [5.41, 5.74) is 0. The van der Waals surface area contributed by atoms with Crippen LogP contribution < -0.4 is 10.6 Å². The lowest BCUT2D eigenvalue weighted by Crippen LogP contribution is -2.42. The first-order chi connectivity index (χ1) is 9.30.